The number of aromatic amines is 1. The van der Waals surface area contributed by atoms with Crippen molar-refractivity contribution in [3.8, 4) is 11.5 Å². The van der Waals surface area contributed by atoms with E-state index in [1.807, 2.05) is 18.2 Å². The molecule has 8 heteroatoms. The van der Waals surface area contributed by atoms with E-state index in [9.17, 15) is 4.79 Å². The number of methoxy groups -OCH3 is 1. The van der Waals surface area contributed by atoms with Crippen LogP contribution in [0.15, 0.2) is 28.1 Å². The molecule has 0 fully saturated rings. The second-order valence-electron chi connectivity index (χ2n) is 6.86. The molecular weight excluding hydrogens is 388 g/mol. The summed E-state index contributed by atoms with van der Waals surface area (Å²) in [5, 5.41) is 10.6. The molecule has 1 aromatic carbocycles. The number of hydrogen-bond donors (Lipinski definition) is 1. The summed E-state index contributed by atoms with van der Waals surface area (Å²) in [5.41, 5.74) is 0.704. The zero-order valence-corrected chi connectivity index (χ0v) is 18.3. The molecule has 29 heavy (non-hydrogen) atoms. The van der Waals surface area contributed by atoms with E-state index in [0.717, 1.165) is 16.7 Å². The molecule has 0 amide bonds. The van der Waals surface area contributed by atoms with Crippen LogP contribution in [0.2, 0.25) is 0 Å². The van der Waals surface area contributed by atoms with Crippen LogP contribution in [-0.2, 0) is 0 Å². The van der Waals surface area contributed by atoms with Gasteiger partial charge in [-0.15, -0.1) is 0 Å². The maximum absolute atomic E-state index is 12.1. The quantitative estimate of drug-likeness (QED) is 0.309. The molecule has 1 heterocycles. The largest absolute Gasteiger partial charge is 0.493 e. The number of aromatic nitrogens is 3. The Bertz CT molecular complexity index is 921. The second kappa shape index (κ2) is 12.2. The Morgan fingerprint density at radius 1 is 1.17 bits per heavy atom. The maximum atomic E-state index is 12.1. The molecule has 0 radical (unpaired) electrons. The van der Waals surface area contributed by atoms with E-state index in [0.29, 0.717) is 23.8 Å². The van der Waals surface area contributed by atoms with Gasteiger partial charge in [-0.2, -0.15) is 14.9 Å². The van der Waals surface area contributed by atoms with Crippen molar-refractivity contribution in [2.45, 2.75) is 58.8 Å². The van der Waals surface area contributed by atoms with Crippen molar-refractivity contribution in [3.05, 3.63) is 44.6 Å². The summed E-state index contributed by atoms with van der Waals surface area (Å²) < 4.78 is 12.6. The summed E-state index contributed by atoms with van der Waals surface area (Å²) in [6.45, 7) is 4.49. The third-order valence-corrected chi connectivity index (χ3v) is 4.79. The Hall–Kier alpha value is -2.48. The smallest absolute Gasteiger partial charge is 0.296 e. The fraction of sp³-hybridized carbons (Fsp3) is 0.524. The normalized spacial score (nSPS) is 11.1. The Morgan fingerprint density at radius 3 is 2.62 bits per heavy atom. The van der Waals surface area contributed by atoms with E-state index in [1.165, 1.54) is 38.5 Å². The second-order valence-corrected chi connectivity index (χ2v) is 7.24. The third-order valence-electron chi connectivity index (χ3n) is 4.53. The van der Waals surface area contributed by atoms with Crippen molar-refractivity contribution in [1.29, 1.82) is 0 Å². The van der Waals surface area contributed by atoms with Crippen LogP contribution in [-0.4, -0.2) is 34.8 Å². The van der Waals surface area contributed by atoms with Crippen LogP contribution >= 0.6 is 12.2 Å². The number of aryl methyl sites for hydroxylation is 1. The van der Waals surface area contributed by atoms with Crippen LogP contribution in [0.4, 0.5) is 0 Å². The van der Waals surface area contributed by atoms with Gasteiger partial charge in [0, 0.05) is 0 Å². The average Bonchev–Trinajstić information content (AvgIpc) is 2.73. The first kappa shape index (κ1) is 22.8. The fourth-order valence-corrected chi connectivity index (χ4v) is 3.00. The van der Waals surface area contributed by atoms with Crippen LogP contribution in [0.3, 0.4) is 0 Å². The van der Waals surface area contributed by atoms with Crippen LogP contribution in [0.1, 0.15) is 63.1 Å². The molecule has 0 aliphatic rings. The Morgan fingerprint density at radius 2 is 1.90 bits per heavy atom. The molecule has 158 valence electrons. The Labute approximate surface area is 176 Å². The fourth-order valence-electron chi connectivity index (χ4n) is 2.83. The van der Waals surface area contributed by atoms with Crippen LogP contribution < -0.4 is 15.0 Å². The minimum Gasteiger partial charge on any atom is -0.493 e. The van der Waals surface area contributed by atoms with Gasteiger partial charge in [-0.1, -0.05) is 45.4 Å². The van der Waals surface area contributed by atoms with E-state index in [4.69, 9.17) is 21.7 Å². The molecule has 0 saturated heterocycles. The van der Waals surface area contributed by atoms with Gasteiger partial charge in [0.1, 0.15) is 5.69 Å². The molecule has 0 spiro atoms. The van der Waals surface area contributed by atoms with Gasteiger partial charge >= 0.3 is 0 Å². The molecule has 2 rings (SSSR count). The lowest BCUT2D eigenvalue weighted by Crippen LogP contribution is -2.22. The number of unbranched alkanes of at least 4 members (excludes halogenated alkanes) is 6. The summed E-state index contributed by atoms with van der Waals surface area (Å²) in [6.07, 6.45) is 10.2. The Balaban J connectivity index is 1.94. The van der Waals surface area contributed by atoms with Gasteiger partial charge in [0.2, 0.25) is 4.77 Å². The van der Waals surface area contributed by atoms with Gasteiger partial charge in [-0.05, 0) is 49.3 Å². The van der Waals surface area contributed by atoms with Crippen LogP contribution in [0.25, 0.3) is 0 Å². The van der Waals surface area contributed by atoms with Crippen LogP contribution in [0, 0.1) is 11.7 Å². The summed E-state index contributed by atoms with van der Waals surface area (Å²) >= 11 is 5.07. The van der Waals surface area contributed by atoms with E-state index >= 15 is 0 Å². The van der Waals surface area contributed by atoms with E-state index in [1.54, 1.807) is 20.2 Å². The van der Waals surface area contributed by atoms with E-state index < -0.39 is 0 Å². The SMILES string of the molecule is CCCCCCCCCOc1ccc(/C=N\n2c(=S)[nH]nc(C)c2=O)cc1OC. The highest BCUT2D eigenvalue weighted by Crippen LogP contribution is 2.27. The van der Waals surface area contributed by atoms with Gasteiger partial charge in [0.25, 0.3) is 5.56 Å². The first-order valence-electron chi connectivity index (χ1n) is 10.1. The minimum absolute atomic E-state index is 0.137. The topological polar surface area (TPSA) is 81.5 Å². The lowest BCUT2D eigenvalue weighted by Gasteiger charge is -2.11. The maximum Gasteiger partial charge on any atom is 0.296 e. The molecule has 0 saturated carbocycles. The predicted octanol–water partition coefficient (Wildman–Crippen LogP) is 4.63. The molecule has 7 nitrogen and oxygen atoms in total. The standard InChI is InChI=1S/C21H30N4O3S/c1-4-5-6-7-8-9-10-13-28-18-12-11-17(14-19(18)27-3)15-22-25-20(26)16(2)23-24-21(25)29/h11-12,14-15H,4-10,13H2,1-3H3,(H,24,29)/b22-15-. The number of nitrogens with one attached hydrogen (secondary N) is 1. The van der Waals surface area contributed by atoms with Crippen LogP contribution in [0.5, 0.6) is 11.5 Å². The van der Waals surface area contributed by atoms with Crippen molar-refractivity contribution < 1.29 is 9.47 Å². The zero-order chi connectivity index (χ0) is 21.1. The molecule has 0 aliphatic heterocycles. The number of hydrogen-bond acceptors (Lipinski definition) is 6. The summed E-state index contributed by atoms with van der Waals surface area (Å²) in [7, 11) is 1.60. The highest BCUT2D eigenvalue weighted by atomic mass is 32.1. The van der Waals surface area contributed by atoms with Crippen molar-refractivity contribution in [2.75, 3.05) is 13.7 Å². The van der Waals surface area contributed by atoms with Crippen molar-refractivity contribution >= 4 is 18.4 Å². The molecule has 1 aromatic heterocycles. The lowest BCUT2D eigenvalue weighted by molar-refractivity contribution is 0.284. The first-order chi connectivity index (χ1) is 14.1. The van der Waals surface area contributed by atoms with E-state index in [2.05, 4.69) is 22.2 Å². The number of nitrogens with zero attached hydrogens (tertiary/aromatic N) is 3. The number of rotatable bonds is 12. The van der Waals surface area contributed by atoms with Gasteiger partial charge in [-0.3, -0.25) is 9.89 Å². The van der Waals surface area contributed by atoms with Crippen molar-refractivity contribution in [2.24, 2.45) is 5.10 Å². The molecule has 1 N–H and O–H groups in total. The van der Waals surface area contributed by atoms with Crippen molar-refractivity contribution in [1.82, 2.24) is 14.9 Å². The molecule has 0 unspecified atom stereocenters. The van der Waals surface area contributed by atoms with Gasteiger partial charge in [0.15, 0.2) is 11.5 Å². The monoisotopic (exact) mass is 418 g/mol. The predicted molar refractivity (Wildman–Crippen MR) is 118 cm³/mol. The summed E-state index contributed by atoms with van der Waals surface area (Å²) in [4.78, 5) is 12.1. The number of ether oxygens (including phenoxy) is 2. The van der Waals surface area contributed by atoms with Crippen molar-refractivity contribution in [3.63, 3.8) is 0 Å². The molecular formula is C21H30N4O3S. The summed E-state index contributed by atoms with van der Waals surface area (Å²) in [6, 6.07) is 5.52. The van der Waals surface area contributed by atoms with Gasteiger partial charge in [0.05, 0.1) is 19.9 Å². The molecule has 0 aliphatic carbocycles. The lowest BCUT2D eigenvalue weighted by atomic mass is 10.1. The van der Waals surface area contributed by atoms with Gasteiger partial charge < -0.3 is 9.47 Å². The zero-order valence-electron chi connectivity index (χ0n) is 17.4. The first-order valence-corrected chi connectivity index (χ1v) is 10.5. The summed E-state index contributed by atoms with van der Waals surface area (Å²) in [5.74, 6) is 1.32. The molecule has 0 bridgehead atoms. The molecule has 2 aromatic rings. The Kier molecular flexibility index (Phi) is 9.56. The molecule has 0 atom stereocenters. The third kappa shape index (κ3) is 7.12. The number of H-pyrrole nitrogens is 1. The average molecular weight is 419 g/mol. The van der Waals surface area contributed by atoms with Gasteiger partial charge in [-0.25, -0.2) is 0 Å². The highest BCUT2D eigenvalue weighted by molar-refractivity contribution is 7.71. The minimum atomic E-state index is -0.355. The number of benzene rings is 1. The van der Waals surface area contributed by atoms with E-state index in [-0.39, 0.29) is 10.3 Å². The highest BCUT2D eigenvalue weighted by Gasteiger charge is 2.06.